The third kappa shape index (κ3) is 44.6. The van der Waals surface area contributed by atoms with Crippen molar-refractivity contribution in [3.8, 4) is 0 Å². The zero-order chi connectivity index (χ0) is 37.2. The van der Waals surface area contributed by atoms with Crippen molar-refractivity contribution in [1.82, 2.24) is 0 Å². The number of hydrogen-bond acceptors (Lipinski definition) is 6. The molecule has 7 heteroatoms. The second-order valence-electron chi connectivity index (χ2n) is 14.7. The topological polar surface area (TPSA) is 121 Å². The van der Waals surface area contributed by atoms with Crippen LogP contribution in [0, 0.1) is 0 Å². The van der Waals surface area contributed by atoms with Crippen LogP contribution in [0.25, 0.3) is 0 Å². The van der Waals surface area contributed by atoms with E-state index in [-0.39, 0.29) is 6.42 Å². The van der Waals surface area contributed by atoms with Gasteiger partial charge in [-0.2, -0.15) is 0 Å². The molecule has 1 unspecified atom stereocenters. The molecule has 0 aliphatic rings. The normalized spacial score (nSPS) is 11.6. The predicted octanol–water partition coefficient (Wildman–Crippen LogP) is 12.6. The Bertz CT molecular complexity index is 711. The van der Waals surface area contributed by atoms with E-state index in [9.17, 15) is 14.4 Å². The maximum Gasteiger partial charge on any atom is 0.345 e. The van der Waals surface area contributed by atoms with Crippen LogP contribution in [0.4, 0.5) is 0 Å². The van der Waals surface area contributed by atoms with Gasteiger partial charge in [0, 0.05) is 12.8 Å². The number of unbranched alkanes of at least 4 members (excludes halogenated alkanes) is 32. The van der Waals surface area contributed by atoms with Crippen LogP contribution in [0.3, 0.4) is 0 Å². The lowest BCUT2D eigenvalue weighted by Gasteiger charge is -2.06. The standard InChI is InChI=1S/C25H48O5.C18H36O2/c1-2-3-4-5-6-7-8-9-10-11-12-13-14-15-16-17-18-19-20-21-24(28)30-25(29)23(27)22-26;1-2-3-4-5-6-7-8-9-10-11-12-13-14-15-16-17-18(19)20/h23,26-27H,2-22H2,1H3;2-17H2,1H3,(H,19,20). The van der Waals surface area contributed by atoms with Crippen molar-refractivity contribution in [3.63, 3.8) is 0 Å². The van der Waals surface area contributed by atoms with E-state index in [0.29, 0.717) is 12.8 Å². The fraction of sp³-hybridized carbons (Fsp3) is 0.930. The minimum absolute atomic E-state index is 0.183. The highest BCUT2D eigenvalue weighted by molar-refractivity contribution is 5.87. The number of carboxylic acids is 1. The number of rotatable bonds is 38. The van der Waals surface area contributed by atoms with Gasteiger partial charge < -0.3 is 20.1 Å². The molecule has 0 aliphatic carbocycles. The van der Waals surface area contributed by atoms with Crippen molar-refractivity contribution in [1.29, 1.82) is 0 Å². The molecule has 3 N–H and O–H groups in total. The van der Waals surface area contributed by atoms with E-state index in [1.165, 1.54) is 186 Å². The lowest BCUT2D eigenvalue weighted by molar-refractivity contribution is -0.167. The van der Waals surface area contributed by atoms with Crippen molar-refractivity contribution in [3.05, 3.63) is 0 Å². The van der Waals surface area contributed by atoms with Crippen LogP contribution >= 0.6 is 0 Å². The summed E-state index contributed by atoms with van der Waals surface area (Å²) in [7, 11) is 0. The Labute approximate surface area is 309 Å². The van der Waals surface area contributed by atoms with Gasteiger partial charge in [0.2, 0.25) is 0 Å². The smallest absolute Gasteiger partial charge is 0.345 e. The van der Waals surface area contributed by atoms with Crippen molar-refractivity contribution in [2.75, 3.05) is 6.61 Å². The highest BCUT2D eigenvalue weighted by Gasteiger charge is 2.18. The summed E-state index contributed by atoms with van der Waals surface area (Å²) in [6.45, 7) is 3.81. The van der Waals surface area contributed by atoms with E-state index in [0.717, 1.165) is 25.7 Å². The number of esters is 2. The number of hydrogen-bond donors (Lipinski definition) is 3. The van der Waals surface area contributed by atoms with Gasteiger partial charge in [0.1, 0.15) is 0 Å². The number of aliphatic hydroxyl groups is 2. The molecule has 1 atom stereocenters. The van der Waals surface area contributed by atoms with Crippen LogP contribution in [0.5, 0.6) is 0 Å². The van der Waals surface area contributed by atoms with Crippen molar-refractivity contribution in [2.45, 2.75) is 251 Å². The Morgan fingerprint density at radius 2 is 0.660 bits per heavy atom. The Balaban J connectivity index is 0. The molecule has 50 heavy (non-hydrogen) atoms. The number of aliphatic hydroxyl groups excluding tert-OH is 2. The second-order valence-corrected chi connectivity index (χ2v) is 14.7. The quantitative estimate of drug-likeness (QED) is 0.0331. The summed E-state index contributed by atoms with van der Waals surface area (Å²) in [6, 6.07) is 0. The molecule has 0 amide bonds. The molecule has 0 bridgehead atoms. The van der Waals surface area contributed by atoms with E-state index >= 15 is 0 Å². The maximum absolute atomic E-state index is 11.4. The minimum Gasteiger partial charge on any atom is -0.481 e. The summed E-state index contributed by atoms with van der Waals surface area (Å²) in [6.07, 6.45) is 43.4. The summed E-state index contributed by atoms with van der Waals surface area (Å²) < 4.78 is 4.45. The number of carbonyl (C=O) groups is 3. The fourth-order valence-corrected chi connectivity index (χ4v) is 6.30. The summed E-state index contributed by atoms with van der Waals surface area (Å²) in [5, 5.41) is 26.2. The van der Waals surface area contributed by atoms with E-state index in [1.54, 1.807) is 0 Å². The zero-order valence-electron chi connectivity index (χ0n) is 33.2. The average molecular weight is 713 g/mol. The van der Waals surface area contributed by atoms with Gasteiger partial charge in [-0.05, 0) is 12.8 Å². The summed E-state index contributed by atoms with van der Waals surface area (Å²) in [5.74, 6) is -2.35. The first-order valence-electron chi connectivity index (χ1n) is 21.6. The first-order chi connectivity index (χ1) is 24.4. The van der Waals surface area contributed by atoms with E-state index in [2.05, 4.69) is 18.6 Å². The van der Waals surface area contributed by atoms with Gasteiger partial charge in [-0.15, -0.1) is 0 Å². The molecule has 0 saturated carbocycles. The van der Waals surface area contributed by atoms with E-state index in [4.69, 9.17) is 15.3 Å². The molecule has 0 rings (SSSR count). The third-order valence-corrected chi connectivity index (χ3v) is 9.64. The second kappa shape index (κ2) is 43.7. The van der Waals surface area contributed by atoms with Crippen LogP contribution in [-0.2, 0) is 19.1 Å². The Kier molecular flexibility index (Phi) is 44.3. The minimum atomic E-state index is -1.63. The Hall–Kier alpha value is -1.47. The molecular formula is C43H84O7. The SMILES string of the molecule is CCCCCCCCCCCCCCCCCC(=O)O.CCCCCCCCCCCCCCCCCCCCCC(=O)OC(=O)C(O)CO. The first-order valence-corrected chi connectivity index (χ1v) is 21.6. The zero-order valence-corrected chi connectivity index (χ0v) is 33.2. The van der Waals surface area contributed by atoms with Gasteiger partial charge in [-0.25, -0.2) is 4.79 Å². The molecular weight excluding hydrogens is 628 g/mol. The summed E-state index contributed by atoms with van der Waals surface area (Å²) >= 11 is 0. The van der Waals surface area contributed by atoms with Crippen molar-refractivity contribution in [2.24, 2.45) is 0 Å². The van der Waals surface area contributed by atoms with Gasteiger partial charge in [-0.1, -0.05) is 219 Å². The van der Waals surface area contributed by atoms with Gasteiger partial charge >= 0.3 is 17.9 Å². The van der Waals surface area contributed by atoms with Gasteiger partial charge in [-0.3, -0.25) is 9.59 Å². The molecule has 0 aliphatic heterocycles. The van der Waals surface area contributed by atoms with Gasteiger partial charge in [0.15, 0.2) is 6.10 Å². The highest BCUT2D eigenvalue weighted by Crippen LogP contribution is 2.16. The monoisotopic (exact) mass is 713 g/mol. The molecule has 0 fully saturated rings. The van der Waals surface area contributed by atoms with Crippen LogP contribution in [0.1, 0.15) is 245 Å². The molecule has 0 aromatic heterocycles. The summed E-state index contributed by atoms with van der Waals surface area (Å²) in [4.78, 5) is 32.9. The number of aliphatic carboxylic acids is 1. The third-order valence-electron chi connectivity index (χ3n) is 9.64. The van der Waals surface area contributed by atoms with Gasteiger partial charge in [0.25, 0.3) is 0 Å². The van der Waals surface area contributed by atoms with Crippen LogP contribution in [0.2, 0.25) is 0 Å². The molecule has 298 valence electrons. The largest absolute Gasteiger partial charge is 0.481 e. The first kappa shape index (κ1) is 50.6. The summed E-state index contributed by atoms with van der Waals surface area (Å²) in [5.41, 5.74) is 0. The fourth-order valence-electron chi connectivity index (χ4n) is 6.30. The van der Waals surface area contributed by atoms with E-state index in [1.807, 2.05) is 0 Å². The number of ether oxygens (including phenoxy) is 1. The van der Waals surface area contributed by atoms with Crippen LogP contribution < -0.4 is 0 Å². The predicted molar refractivity (Wildman–Crippen MR) is 209 cm³/mol. The molecule has 7 nitrogen and oxygen atoms in total. The van der Waals surface area contributed by atoms with Gasteiger partial charge in [0.05, 0.1) is 6.61 Å². The molecule has 0 heterocycles. The van der Waals surface area contributed by atoms with Crippen LogP contribution in [-0.4, -0.2) is 45.9 Å². The highest BCUT2D eigenvalue weighted by atomic mass is 16.6. The number of carboxylic acid groups (broad SMARTS) is 1. The van der Waals surface area contributed by atoms with Crippen molar-refractivity contribution < 1.29 is 34.4 Å². The molecule has 0 aromatic rings. The van der Waals surface area contributed by atoms with Crippen molar-refractivity contribution >= 4 is 17.9 Å². The Morgan fingerprint density at radius 3 is 0.900 bits per heavy atom. The Morgan fingerprint density at radius 1 is 0.420 bits per heavy atom. The van der Waals surface area contributed by atoms with E-state index < -0.39 is 30.6 Å². The lowest BCUT2D eigenvalue weighted by atomic mass is 10.0. The molecule has 0 saturated heterocycles. The van der Waals surface area contributed by atoms with Crippen LogP contribution in [0.15, 0.2) is 0 Å². The average Bonchev–Trinajstić information content (AvgIpc) is 3.10. The molecule has 0 radical (unpaired) electrons. The maximum atomic E-state index is 11.4. The molecule has 0 aromatic carbocycles. The lowest BCUT2D eigenvalue weighted by Crippen LogP contribution is -2.28. The molecule has 0 spiro atoms. The number of carbonyl (C=O) groups excluding carboxylic acids is 2.